The van der Waals surface area contributed by atoms with Gasteiger partial charge in [-0.3, -0.25) is 0 Å². The molecule has 3 aromatic carbocycles. The molecule has 5 atom stereocenters. The number of aromatic nitrogens is 3. The molecule has 212 valence electrons. The highest BCUT2D eigenvalue weighted by Crippen LogP contribution is 2.37. The lowest BCUT2D eigenvalue weighted by Gasteiger charge is -2.41. The lowest BCUT2D eigenvalue weighted by atomic mass is 9.97. The molecule has 10 nitrogen and oxygen atoms in total. The Morgan fingerprint density at radius 3 is 2.38 bits per heavy atom. The van der Waals surface area contributed by atoms with Gasteiger partial charge in [-0.25, -0.2) is 26.3 Å². The number of aliphatic hydroxyl groups is 3. The number of hydrogen-bond donors (Lipinski definition) is 3. The monoisotopic (exact) mass is 578 g/mol. The van der Waals surface area contributed by atoms with Crippen LogP contribution in [0.15, 0.2) is 59.6 Å². The van der Waals surface area contributed by atoms with Crippen LogP contribution >= 0.6 is 0 Å². The average Bonchev–Trinajstić information content (AvgIpc) is 3.40. The van der Waals surface area contributed by atoms with E-state index in [4.69, 9.17) is 4.74 Å². The molecule has 4 aromatic rings. The maximum absolute atomic E-state index is 13.7. The third-order valence-corrected chi connectivity index (χ3v) is 8.80. The minimum atomic E-state index is -4.41. The number of anilines is 1. The van der Waals surface area contributed by atoms with E-state index in [1.54, 1.807) is 18.2 Å². The first-order valence-electron chi connectivity index (χ1n) is 12.1. The zero-order valence-electron chi connectivity index (χ0n) is 21.2. The number of benzene rings is 3. The predicted molar refractivity (Wildman–Crippen MR) is 138 cm³/mol. The smallest absolute Gasteiger partial charge is 0.207 e. The predicted octanol–water partition coefficient (Wildman–Crippen LogP) is 2.04. The van der Waals surface area contributed by atoms with E-state index in [9.17, 15) is 36.9 Å². The largest absolute Gasteiger partial charge is 0.394 e. The number of fused-ring (bicyclic) bond motifs is 1. The first-order valence-corrected chi connectivity index (χ1v) is 13.6. The number of halogens is 3. The van der Waals surface area contributed by atoms with Crippen LogP contribution in [0.2, 0.25) is 0 Å². The van der Waals surface area contributed by atoms with Crippen LogP contribution in [0.1, 0.15) is 6.04 Å². The summed E-state index contributed by atoms with van der Waals surface area (Å²) in [4.78, 5) is 1.71. The molecule has 3 N–H and O–H groups in total. The van der Waals surface area contributed by atoms with Crippen molar-refractivity contribution >= 4 is 26.3 Å². The molecule has 1 fully saturated rings. The molecule has 1 saturated heterocycles. The van der Waals surface area contributed by atoms with Crippen LogP contribution in [0.25, 0.3) is 22.0 Å². The van der Waals surface area contributed by atoms with E-state index < -0.39 is 63.7 Å². The van der Waals surface area contributed by atoms with Crippen LogP contribution in [0, 0.1) is 17.5 Å². The van der Waals surface area contributed by atoms with Crippen molar-refractivity contribution in [1.82, 2.24) is 15.0 Å². The van der Waals surface area contributed by atoms with Gasteiger partial charge in [-0.2, -0.15) is 0 Å². The summed E-state index contributed by atoms with van der Waals surface area (Å²) in [5.41, 5.74) is -1.40. The number of aliphatic hydroxyl groups excluding tert-OH is 3. The van der Waals surface area contributed by atoms with Crippen LogP contribution < -0.4 is 4.90 Å². The van der Waals surface area contributed by atoms with E-state index in [0.717, 1.165) is 22.0 Å². The van der Waals surface area contributed by atoms with Crippen molar-refractivity contribution in [3.05, 3.63) is 72.2 Å². The van der Waals surface area contributed by atoms with E-state index in [1.165, 1.54) is 12.1 Å². The van der Waals surface area contributed by atoms with Crippen LogP contribution in [0.5, 0.6) is 0 Å². The fraction of sp³-hybridized carbons (Fsp3) is 0.308. The molecule has 3 unspecified atom stereocenters. The van der Waals surface area contributed by atoms with Crippen molar-refractivity contribution in [2.45, 2.75) is 34.7 Å². The van der Waals surface area contributed by atoms with Crippen molar-refractivity contribution in [1.29, 1.82) is 0 Å². The maximum atomic E-state index is 13.7. The van der Waals surface area contributed by atoms with E-state index in [0.29, 0.717) is 17.5 Å². The van der Waals surface area contributed by atoms with E-state index >= 15 is 0 Å². The SMILES string of the molecule is CN(C)c1cccc2cc(S(=O)(=O)[C@H]3OC(CO)[C@H](O)C(n4cc(-c5cc(F)c(F)c(F)c5)nn4)C3O)ccc12. The van der Waals surface area contributed by atoms with Gasteiger partial charge in [0.2, 0.25) is 9.84 Å². The Morgan fingerprint density at radius 1 is 1.02 bits per heavy atom. The summed E-state index contributed by atoms with van der Waals surface area (Å²) in [5.74, 6) is -4.59. The van der Waals surface area contributed by atoms with Crippen LogP contribution in [-0.2, 0) is 14.6 Å². The lowest BCUT2D eigenvalue weighted by Crippen LogP contribution is -2.58. The molecule has 0 amide bonds. The second kappa shape index (κ2) is 10.4. The van der Waals surface area contributed by atoms with Gasteiger partial charge in [0.05, 0.1) is 17.7 Å². The fourth-order valence-electron chi connectivity index (χ4n) is 4.84. The summed E-state index contributed by atoms with van der Waals surface area (Å²) in [6.45, 7) is -0.795. The van der Waals surface area contributed by atoms with Gasteiger partial charge in [-0.1, -0.05) is 23.4 Å². The van der Waals surface area contributed by atoms with Gasteiger partial charge < -0.3 is 25.0 Å². The quantitative estimate of drug-likeness (QED) is 0.294. The first kappa shape index (κ1) is 28.0. The number of nitrogens with zero attached hydrogens (tertiary/aromatic N) is 4. The topological polar surface area (TPSA) is 138 Å². The zero-order chi connectivity index (χ0) is 28.9. The van der Waals surface area contributed by atoms with Gasteiger partial charge in [0, 0.05) is 30.7 Å². The molecule has 1 aromatic heterocycles. The van der Waals surface area contributed by atoms with Gasteiger partial charge in [-0.05, 0) is 35.7 Å². The molecule has 1 aliphatic heterocycles. The highest BCUT2D eigenvalue weighted by molar-refractivity contribution is 7.92. The molecule has 2 heterocycles. The summed E-state index contributed by atoms with van der Waals surface area (Å²) in [5, 5.41) is 40.8. The highest BCUT2D eigenvalue weighted by Gasteiger charge is 2.51. The van der Waals surface area contributed by atoms with E-state index in [1.807, 2.05) is 25.1 Å². The van der Waals surface area contributed by atoms with Gasteiger partial charge in [-0.15, -0.1) is 5.10 Å². The van der Waals surface area contributed by atoms with Crippen molar-refractivity contribution < 1.29 is 41.6 Å². The van der Waals surface area contributed by atoms with Crippen molar-refractivity contribution in [2.75, 3.05) is 25.6 Å². The maximum Gasteiger partial charge on any atom is 0.207 e. The first-order chi connectivity index (χ1) is 18.9. The Hall–Kier alpha value is -3.56. The van der Waals surface area contributed by atoms with E-state index in [2.05, 4.69) is 10.3 Å². The molecule has 0 bridgehead atoms. The standard InChI is InChI=1S/C26H25F3N4O6S/c1-32(2)20-5-3-4-13-8-15(6-7-16(13)20)40(37,38)26-25(36)23(24(35)21(12-34)39-26)33-11-19(30-31-33)14-9-17(27)22(29)18(28)10-14/h3-11,21,23-26,34-36H,12H2,1-2H3/t21?,23?,24-,25?,26+/m0/s1. The number of ether oxygens (including phenoxy) is 1. The second-order valence-corrected chi connectivity index (χ2v) is 11.7. The molecule has 0 aliphatic carbocycles. The van der Waals surface area contributed by atoms with Gasteiger partial charge in [0.25, 0.3) is 0 Å². The number of sulfone groups is 1. The number of hydrogen-bond acceptors (Lipinski definition) is 9. The van der Waals surface area contributed by atoms with E-state index in [-0.39, 0.29) is 16.2 Å². The molecular weight excluding hydrogens is 553 g/mol. The van der Waals surface area contributed by atoms with Crippen molar-refractivity contribution in [3.8, 4) is 11.3 Å². The minimum absolute atomic E-state index is 0.144. The second-order valence-electron chi connectivity index (χ2n) is 9.63. The molecule has 14 heteroatoms. The van der Waals surface area contributed by atoms with Crippen LogP contribution in [0.3, 0.4) is 0 Å². The highest BCUT2D eigenvalue weighted by atomic mass is 32.2. The van der Waals surface area contributed by atoms with Gasteiger partial charge >= 0.3 is 0 Å². The van der Waals surface area contributed by atoms with Crippen molar-refractivity contribution in [3.63, 3.8) is 0 Å². The fourth-order valence-corrected chi connectivity index (χ4v) is 6.48. The lowest BCUT2D eigenvalue weighted by molar-refractivity contribution is -0.180. The summed E-state index contributed by atoms with van der Waals surface area (Å²) in [6.07, 6.45) is -3.90. The zero-order valence-corrected chi connectivity index (χ0v) is 22.0. The third-order valence-electron chi connectivity index (χ3n) is 6.89. The molecular formula is C26H25F3N4O6S. The minimum Gasteiger partial charge on any atom is -0.394 e. The molecule has 5 rings (SSSR count). The third kappa shape index (κ3) is 4.71. The van der Waals surface area contributed by atoms with Gasteiger partial charge in [0.15, 0.2) is 22.9 Å². The Morgan fingerprint density at radius 2 is 1.73 bits per heavy atom. The Bertz CT molecular complexity index is 1660. The molecule has 0 spiro atoms. The van der Waals surface area contributed by atoms with Crippen LogP contribution in [-0.4, -0.2) is 83.2 Å². The Labute approximate surface area is 226 Å². The number of rotatable bonds is 6. The molecule has 1 aliphatic rings. The van der Waals surface area contributed by atoms with Crippen molar-refractivity contribution in [2.24, 2.45) is 0 Å². The normalized spacial score (nSPS) is 23.4. The molecule has 0 radical (unpaired) electrons. The summed E-state index contributed by atoms with van der Waals surface area (Å²) in [7, 11) is -0.711. The summed E-state index contributed by atoms with van der Waals surface area (Å²) >= 11 is 0. The Balaban J connectivity index is 1.52. The van der Waals surface area contributed by atoms with Gasteiger partial charge in [0.1, 0.15) is 30.0 Å². The average molecular weight is 579 g/mol. The molecule has 0 saturated carbocycles. The van der Waals surface area contributed by atoms with Crippen LogP contribution in [0.4, 0.5) is 18.9 Å². The summed E-state index contributed by atoms with van der Waals surface area (Å²) < 4.78 is 74.7. The Kier molecular flexibility index (Phi) is 7.31. The summed E-state index contributed by atoms with van der Waals surface area (Å²) in [6, 6.07) is 9.71. The molecule has 40 heavy (non-hydrogen) atoms.